The Morgan fingerprint density at radius 1 is 1.11 bits per heavy atom. The molecule has 90 valence electrons. The van der Waals surface area contributed by atoms with Crippen LogP contribution in [0.4, 0.5) is 0 Å². The zero-order valence-electron chi connectivity index (χ0n) is 10.3. The van der Waals surface area contributed by atoms with Crippen molar-refractivity contribution in [3.8, 4) is 0 Å². The lowest BCUT2D eigenvalue weighted by atomic mass is 9.98. The maximum atomic E-state index is 10.6. The highest BCUT2D eigenvalue weighted by molar-refractivity contribution is 5.36. The van der Waals surface area contributed by atoms with Crippen LogP contribution in [0.1, 0.15) is 22.7 Å². The zero-order valence-corrected chi connectivity index (χ0v) is 10.3. The van der Waals surface area contributed by atoms with E-state index < -0.39 is 0 Å². The summed E-state index contributed by atoms with van der Waals surface area (Å²) in [5.41, 5.74) is 3.44. The molecule has 0 spiro atoms. The summed E-state index contributed by atoms with van der Waals surface area (Å²) in [7, 11) is 0. The Labute approximate surface area is 107 Å². The first-order chi connectivity index (χ1) is 8.79. The lowest BCUT2D eigenvalue weighted by Gasteiger charge is -2.11. The number of hydrogen-bond acceptors (Lipinski definition) is 2. The Morgan fingerprint density at radius 2 is 1.89 bits per heavy atom. The summed E-state index contributed by atoms with van der Waals surface area (Å²) in [6, 6.07) is 18.0. The molecule has 1 unspecified atom stereocenters. The van der Waals surface area contributed by atoms with Crippen molar-refractivity contribution in [2.45, 2.75) is 19.4 Å². The summed E-state index contributed by atoms with van der Waals surface area (Å²) in [6.45, 7) is 2.06. The van der Waals surface area contributed by atoms with Gasteiger partial charge in [0.05, 0.1) is 6.04 Å². The van der Waals surface area contributed by atoms with E-state index in [2.05, 4.69) is 30.1 Å². The number of aliphatic imine (C=N–C) groups is 1. The molecule has 2 rings (SSSR count). The van der Waals surface area contributed by atoms with Crippen LogP contribution in [0, 0.1) is 6.92 Å². The van der Waals surface area contributed by atoms with E-state index in [-0.39, 0.29) is 6.04 Å². The molecule has 0 aliphatic carbocycles. The summed E-state index contributed by atoms with van der Waals surface area (Å²) in [5.74, 6) is 0. The molecule has 1 atom stereocenters. The maximum Gasteiger partial charge on any atom is 0.235 e. The molecule has 0 aromatic heterocycles. The predicted molar refractivity (Wildman–Crippen MR) is 72.2 cm³/mol. The minimum atomic E-state index is -0.148. The van der Waals surface area contributed by atoms with Gasteiger partial charge < -0.3 is 0 Å². The van der Waals surface area contributed by atoms with Gasteiger partial charge in [0.15, 0.2) is 0 Å². The molecular formula is C16H15NO. The summed E-state index contributed by atoms with van der Waals surface area (Å²) < 4.78 is 0. The van der Waals surface area contributed by atoms with E-state index in [1.165, 1.54) is 11.1 Å². The minimum absolute atomic E-state index is 0.148. The summed E-state index contributed by atoms with van der Waals surface area (Å²) in [4.78, 5) is 14.5. The van der Waals surface area contributed by atoms with Gasteiger partial charge in [-0.3, -0.25) is 0 Å². The van der Waals surface area contributed by atoms with Gasteiger partial charge in [0.2, 0.25) is 6.08 Å². The fourth-order valence-corrected chi connectivity index (χ4v) is 2.04. The molecular weight excluding hydrogens is 222 g/mol. The summed E-state index contributed by atoms with van der Waals surface area (Å²) >= 11 is 0. The van der Waals surface area contributed by atoms with Gasteiger partial charge >= 0.3 is 0 Å². The van der Waals surface area contributed by atoms with Gasteiger partial charge in [-0.2, -0.15) is 4.99 Å². The normalized spacial score (nSPS) is 11.6. The van der Waals surface area contributed by atoms with E-state index in [1.807, 2.05) is 36.4 Å². The number of benzene rings is 2. The SMILES string of the molecule is Cc1cccc(CC(N=C=O)c2ccccc2)c1. The Hall–Kier alpha value is -2.18. The molecule has 0 aliphatic heterocycles. The minimum Gasteiger partial charge on any atom is -0.211 e. The van der Waals surface area contributed by atoms with Crippen LogP contribution in [-0.4, -0.2) is 6.08 Å². The Morgan fingerprint density at radius 3 is 2.56 bits per heavy atom. The highest BCUT2D eigenvalue weighted by atomic mass is 16.1. The van der Waals surface area contributed by atoms with Crippen LogP contribution in [0.2, 0.25) is 0 Å². The lowest BCUT2D eigenvalue weighted by Crippen LogP contribution is -2.00. The van der Waals surface area contributed by atoms with E-state index in [9.17, 15) is 4.79 Å². The van der Waals surface area contributed by atoms with Crippen molar-refractivity contribution in [3.05, 3.63) is 71.3 Å². The predicted octanol–water partition coefficient (Wildman–Crippen LogP) is 3.61. The second-order valence-corrected chi connectivity index (χ2v) is 4.34. The van der Waals surface area contributed by atoms with Gasteiger partial charge in [-0.25, -0.2) is 4.79 Å². The molecule has 0 fully saturated rings. The van der Waals surface area contributed by atoms with Crippen LogP contribution >= 0.6 is 0 Å². The molecule has 2 nitrogen and oxygen atoms in total. The van der Waals surface area contributed by atoms with Crippen molar-refractivity contribution >= 4 is 6.08 Å². The van der Waals surface area contributed by atoms with Gasteiger partial charge in [-0.05, 0) is 24.5 Å². The first-order valence-corrected chi connectivity index (χ1v) is 5.97. The van der Waals surface area contributed by atoms with Crippen LogP contribution < -0.4 is 0 Å². The van der Waals surface area contributed by atoms with E-state index in [1.54, 1.807) is 6.08 Å². The van der Waals surface area contributed by atoms with Crippen molar-refractivity contribution < 1.29 is 4.79 Å². The lowest BCUT2D eigenvalue weighted by molar-refractivity contribution is 0.557. The van der Waals surface area contributed by atoms with Gasteiger partial charge in [-0.1, -0.05) is 60.2 Å². The van der Waals surface area contributed by atoms with Crippen LogP contribution in [0.25, 0.3) is 0 Å². The average molecular weight is 237 g/mol. The molecule has 18 heavy (non-hydrogen) atoms. The molecule has 2 aromatic carbocycles. The molecule has 0 saturated heterocycles. The molecule has 0 saturated carbocycles. The second-order valence-electron chi connectivity index (χ2n) is 4.34. The average Bonchev–Trinajstić information content (AvgIpc) is 2.39. The third-order valence-electron chi connectivity index (χ3n) is 2.90. The molecule has 0 aliphatic rings. The van der Waals surface area contributed by atoms with Gasteiger partial charge in [0, 0.05) is 0 Å². The maximum absolute atomic E-state index is 10.6. The van der Waals surface area contributed by atoms with E-state index in [0.717, 1.165) is 12.0 Å². The number of carbonyl (C=O) groups excluding carboxylic acids is 1. The second kappa shape index (κ2) is 5.95. The van der Waals surface area contributed by atoms with Crippen molar-refractivity contribution in [1.29, 1.82) is 0 Å². The standard InChI is InChI=1S/C16H15NO/c1-13-6-5-7-14(10-13)11-16(17-12-18)15-8-3-2-4-9-15/h2-10,16H,11H2,1H3. The van der Waals surface area contributed by atoms with Crippen molar-refractivity contribution in [2.24, 2.45) is 4.99 Å². The largest absolute Gasteiger partial charge is 0.235 e. The number of nitrogens with zero attached hydrogens (tertiary/aromatic N) is 1. The molecule has 0 radical (unpaired) electrons. The van der Waals surface area contributed by atoms with E-state index >= 15 is 0 Å². The third-order valence-corrected chi connectivity index (χ3v) is 2.90. The highest BCUT2D eigenvalue weighted by Crippen LogP contribution is 2.22. The van der Waals surface area contributed by atoms with Gasteiger partial charge in [0.25, 0.3) is 0 Å². The molecule has 0 heterocycles. The Kier molecular flexibility index (Phi) is 4.06. The third kappa shape index (κ3) is 3.16. The number of aryl methyl sites for hydroxylation is 1. The number of rotatable bonds is 4. The van der Waals surface area contributed by atoms with Gasteiger partial charge in [0.1, 0.15) is 0 Å². The summed E-state index contributed by atoms with van der Waals surface area (Å²) in [5, 5.41) is 0. The van der Waals surface area contributed by atoms with E-state index in [0.29, 0.717) is 0 Å². The molecule has 0 N–H and O–H groups in total. The van der Waals surface area contributed by atoms with Crippen molar-refractivity contribution in [1.82, 2.24) is 0 Å². The first kappa shape index (κ1) is 12.3. The molecule has 2 aromatic rings. The molecule has 0 bridgehead atoms. The summed E-state index contributed by atoms with van der Waals surface area (Å²) in [6.07, 6.45) is 2.40. The van der Waals surface area contributed by atoms with Crippen molar-refractivity contribution in [2.75, 3.05) is 0 Å². The Bertz CT molecular complexity index is 556. The molecule has 2 heteroatoms. The van der Waals surface area contributed by atoms with Crippen LogP contribution in [-0.2, 0) is 11.2 Å². The fraction of sp³-hybridized carbons (Fsp3) is 0.188. The smallest absolute Gasteiger partial charge is 0.211 e. The number of isocyanates is 1. The Balaban J connectivity index is 2.25. The van der Waals surface area contributed by atoms with Crippen LogP contribution in [0.15, 0.2) is 59.6 Å². The van der Waals surface area contributed by atoms with Gasteiger partial charge in [-0.15, -0.1) is 0 Å². The van der Waals surface area contributed by atoms with E-state index in [4.69, 9.17) is 0 Å². The van der Waals surface area contributed by atoms with Crippen LogP contribution in [0.3, 0.4) is 0 Å². The topological polar surface area (TPSA) is 29.4 Å². The quantitative estimate of drug-likeness (QED) is 0.590. The zero-order chi connectivity index (χ0) is 12.8. The number of hydrogen-bond donors (Lipinski definition) is 0. The monoisotopic (exact) mass is 237 g/mol. The van der Waals surface area contributed by atoms with Crippen LogP contribution in [0.5, 0.6) is 0 Å². The van der Waals surface area contributed by atoms with Crippen molar-refractivity contribution in [3.63, 3.8) is 0 Å². The molecule has 0 amide bonds. The first-order valence-electron chi connectivity index (χ1n) is 5.97. The fourth-order valence-electron chi connectivity index (χ4n) is 2.04. The highest BCUT2D eigenvalue weighted by Gasteiger charge is 2.10.